The minimum Gasteiger partial charge on any atom is -0.466 e. The summed E-state index contributed by atoms with van der Waals surface area (Å²) in [5.41, 5.74) is 0. The van der Waals surface area contributed by atoms with Crippen LogP contribution in [0.2, 0.25) is 0 Å². The average molecular weight is 735 g/mol. The quantitative estimate of drug-likeness (QED) is 0.195. The number of rotatable bonds is 12. The fraction of sp³-hybridized carbons (Fsp3) is 0.812. The Morgan fingerprint density at radius 3 is 1.22 bits per heavy atom. The Bertz CT molecular complexity index is 1210. The van der Waals surface area contributed by atoms with E-state index in [1.807, 2.05) is 0 Å². The molecule has 4 heterocycles. The zero-order chi connectivity index (χ0) is 37.7. The molecule has 19 heteroatoms. The van der Waals surface area contributed by atoms with E-state index in [1.165, 1.54) is 13.8 Å². The van der Waals surface area contributed by atoms with Crippen molar-refractivity contribution in [3.63, 3.8) is 0 Å². The van der Waals surface area contributed by atoms with Gasteiger partial charge in [-0.25, -0.2) is 0 Å². The van der Waals surface area contributed by atoms with Crippen molar-refractivity contribution in [1.82, 2.24) is 0 Å². The number of ether oxygens (including phenoxy) is 13. The van der Waals surface area contributed by atoms with Gasteiger partial charge in [-0.05, 0) is 27.7 Å². The van der Waals surface area contributed by atoms with Gasteiger partial charge in [0, 0.05) is 27.7 Å². The van der Waals surface area contributed by atoms with Crippen molar-refractivity contribution in [3.05, 3.63) is 0 Å². The highest BCUT2D eigenvalue weighted by Gasteiger charge is 2.60. The molecule has 0 bridgehead atoms. The normalized spacial score (nSPS) is 37.4. The Morgan fingerprint density at radius 2 is 0.902 bits per heavy atom. The molecule has 0 spiro atoms. The van der Waals surface area contributed by atoms with E-state index in [2.05, 4.69) is 0 Å². The minimum absolute atomic E-state index is 0.121. The first-order chi connectivity index (χ1) is 24.0. The topological polar surface area (TPSA) is 222 Å². The van der Waals surface area contributed by atoms with Gasteiger partial charge in [-0.15, -0.1) is 0 Å². The third kappa shape index (κ3) is 10.3. The largest absolute Gasteiger partial charge is 0.466 e. The molecule has 12 atom stereocenters. The van der Waals surface area contributed by atoms with Gasteiger partial charge in [0.15, 0.2) is 36.0 Å². The SMILES string of the molecule is CCOC(=O)CC1(C)OC[C@H]2O[C@H](O[C@H]3O[C@@H]4COC(C)(CC(=O)OCC)O[C@H]4[C@H](OC(C)=O)[C@H]3OC(C)=O)[C@H](OC(C)=O)[C@@H](OC(C)=O)[C@@H]2O1. The summed E-state index contributed by atoms with van der Waals surface area (Å²) >= 11 is 0. The Balaban J connectivity index is 1.66. The lowest BCUT2D eigenvalue weighted by atomic mass is 9.95. The van der Waals surface area contributed by atoms with Crippen LogP contribution in [0.5, 0.6) is 0 Å². The Labute approximate surface area is 293 Å². The molecule has 51 heavy (non-hydrogen) atoms. The van der Waals surface area contributed by atoms with E-state index in [9.17, 15) is 28.8 Å². The van der Waals surface area contributed by atoms with Crippen LogP contribution in [-0.2, 0) is 90.3 Å². The third-order valence-electron chi connectivity index (χ3n) is 8.08. The molecule has 4 aliphatic rings. The van der Waals surface area contributed by atoms with Gasteiger partial charge in [-0.2, -0.15) is 0 Å². The minimum atomic E-state index is -1.60. The lowest BCUT2D eigenvalue weighted by Crippen LogP contribution is -2.70. The van der Waals surface area contributed by atoms with Crippen LogP contribution in [0.1, 0.15) is 68.2 Å². The summed E-state index contributed by atoms with van der Waals surface area (Å²) in [5, 5.41) is 0. The smallest absolute Gasteiger partial charge is 0.311 e. The maximum Gasteiger partial charge on any atom is 0.311 e. The first-order valence-corrected chi connectivity index (χ1v) is 16.6. The van der Waals surface area contributed by atoms with E-state index in [4.69, 9.17) is 61.6 Å². The number of hydrogen-bond donors (Lipinski definition) is 0. The van der Waals surface area contributed by atoms with E-state index in [-0.39, 0.29) is 39.3 Å². The molecule has 4 fully saturated rings. The van der Waals surface area contributed by atoms with Crippen LogP contribution in [0, 0.1) is 0 Å². The second-order valence-electron chi connectivity index (χ2n) is 12.5. The summed E-state index contributed by atoms with van der Waals surface area (Å²) in [6.07, 6.45) is -14.0. The first-order valence-electron chi connectivity index (χ1n) is 16.6. The van der Waals surface area contributed by atoms with E-state index in [0.29, 0.717) is 0 Å². The molecular weight excluding hydrogens is 688 g/mol. The van der Waals surface area contributed by atoms with Crippen molar-refractivity contribution in [3.8, 4) is 0 Å². The fourth-order valence-electron chi connectivity index (χ4n) is 6.24. The Morgan fingerprint density at radius 1 is 0.569 bits per heavy atom. The third-order valence-corrected chi connectivity index (χ3v) is 8.08. The van der Waals surface area contributed by atoms with E-state index < -0.39 is 109 Å². The van der Waals surface area contributed by atoms with Gasteiger partial charge < -0.3 is 61.6 Å². The van der Waals surface area contributed by atoms with Gasteiger partial charge in [0.25, 0.3) is 0 Å². The van der Waals surface area contributed by atoms with Crippen LogP contribution >= 0.6 is 0 Å². The molecule has 4 rings (SSSR count). The van der Waals surface area contributed by atoms with Gasteiger partial charge in [0.1, 0.15) is 24.4 Å². The summed E-state index contributed by atoms with van der Waals surface area (Å²) < 4.78 is 75.0. The van der Waals surface area contributed by atoms with Crippen LogP contribution in [0.3, 0.4) is 0 Å². The van der Waals surface area contributed by atoms with Gasteiger partial charge in [-0.1, -0.05) is 0 Å². The highest BCUT2D eigenvalue weighted by molar-refractivity contribution is 5.71. The fourth-order valence-corrected chi connectivity index (χ4v) is 6.24. The zero-order valence-corrected chi connectivity index (χ0v) is 29.8. The summed E-state index contributed by atoms with van der Waals surface area (Å²) in [5.74, 6) is -7.47. The molecule has 19 nitrogen and oxygen atoms in total. The molecule has 0 saturated carbocycles. The number of esters is 6. The molecule has 0 aromatic rings. The van der Waals surface area contributed by atoms with Crippen LogP contribution < -0.4 is 0 Å². The zero-order valence-electron chi connectivity index (χ0n) is 29.8. The van der Waals surface area contributed by atoms with Gasteiger partial charge in [0.05, 0.1) is 39.3 Å². The van der Waals surface area contributed by atoms with Crippen LogP contribution in [0.25, 0.3) is 0 Å². The van der Waals surface area contributed by atoms with E-state index in [1.54, 1.807) is 13.8 Å². The van der Waals surface area contributed by atoms with Crippen molar-refractivity contribution in [2.24, 2.45) is 0 Å². The predicted molar refractivity (Wildman–Crippen MR) is 162 cm³/mol. The maximum absolute atomic E-state index is 12.4. The van der Waals surface area contributed by atoms with Gasteiger partial charge in [0.2, 0.25) is 12.6 Å². The molecule has 0 N–H and O–H groups in total. The Kier molecular flexibility index (Phi) is 13.4. The highest BCUT2D eigenvalue weighted by Crippen LogP contribution is 2.41. The Hall–Kier alpha value is -3.46. The molecular formula is C32H46O19. The van der Waals surface area contributed by atoms with Crippen molar-refractivity contribution < 1.29 is 90.3 Å². The highest BCUT2D eigenvalue weighted by atomic mass is 16.8. The second-order valence-corrected chi connectivity index (χ2v) is 12.5. The van der Waals surface area contributed by atoms with Crippen LogP contribution in [0.15, 0.2) is 0 Å². The summed E-state index contributed by atoms with van der Waals surface area (Å²) in [6.45, 7) is 10.6. The molecule has 0 aliphatic carbocycles. The number of carbonyl (C=O) groups excluding carboxylic acids is 6. The molecule has 0 aromatic carbocycles. The molecule has 288 valence electrons. The maximum atomic E-state index is 12.4. The monoisotopic (exact) mass is 734 g/mol. The molecule has 0 aromatic heterocycles. The van der Waals surface area contributed by atoms with E-state index >= 15 is 0 Å². The number of carbonyl (C=O) groups is 6. The molecule has 0 radical (unpaired) electrons. The lowest BCUT2D eigenvalue weighted by Gasteiger charge is -2.53. The van der Waals surface area contributed by atoms with E-state index in [0.717, 1.165) is 27.7 Å². The number of fused-ring (bicyclic) bond motifs is 2. The molecule has 0 amide bonds. The van der Waals surface area contributed by atoms with Gasteiger partial charge in [-0.3, -0.25) is 28.8 Å². The van der Waals surface area contributed by atoms with Crippen molar-refractivity contribution in [2.45, 2.75) is 141 Å². The lowest BCUT2D eigenvalue weighted by molar-refractivity contribution is -0.426. The second kappa shape index (κ2) is 16.9. The van der Waals surface area contributed by atoms with Crippen molar-refractivity contribution in [1.29, 1.82) is 0 Å². The molecule has 4 saturated heterocycles. The summed E-state index contributed by atoms with van der Waals surface area (Å²) in [7, 11) is 0. The van der Waals surface area contributed by atoms with Crippen molar-refractivity contribution >= 4 is 35.8 Å². The van der Waals surface area contributed by atoms with Crippen LogP contribution in [0.4, 0.5) is 0 Å². The number of hydrogen-bond acceptors (Lipinski definition) is 19. The van der Waals surface area contributed by atoms with Crippen LogP contribution in [-0.4, -0.2) is 135 Å². The first kappa shape index (κ1) is 40.3. The predicted octanol–water partition coefficient (Wildman–Crippen LogP) is 0.349. The van der Waals surface area contributed by atoms with Gasteiger partial charge >= 0.3 is 35.8 Å². The summed E-state index contributed by atoms with van der Waals surface area (Å²) in [4.78, 5) is 74.2. The summed E-state index contributed by atoms with van der Waals surface area (Å²) in [6, 6.07) is 0. The standard InChI is InChI=1S/C32H46O19/c1-9-39-21(37)11-31(7)41-13-19-23(50-31)25(43-15(3)33)27(45-17(5)35)29(47-19)49-30-28(46-18(6)36)26(44-16(4)34)24-20(48-30)14-42-32(8,51-24)12-22(38)40-10-2/h19-20,23-30H,9-14H2,1-8H3/t19-,20-,23-,24-,25+,26+,27-,28-,29-,30-,31?,32?/m1/s1. The van der Waals surface area contributed by atoms with Crippen molar-refractivity contribution in [2.75, 3.05) is 26.4 Å². The average Bonchev–Trinajstić information content (AvgIpc) is 3.00. The molecule has 4 aliphatic heterocycles. The molecule has 2 unspecified atom stereocenters.